The van der Waals surface area contributed by atoms with Crippen LogP contribution in [0.4, 0.5) is 0 Å². The number of aliphatic imine (C=N–C) groups is 1. The Morgan fingerprint density at radius 2 is 1.85 bits per heavy atom. The maximum Gasteiger partial charge on any atom is 0.0856 e. The molecule has 6 N–H and O–H groups in total. The molecule has 6 heteroatoms. The maximum absolute atomic E-state index is 8.34. The van der Waals surface area contributed by atoms with Gasteiger partial charge >= 0.3 is 0 Å². The van der Waals surface area contributed by atoms with E-state index >= 15 is 0 Å². The first-order chi connectivity index (χ1) is 6.18. The molecule has 1 aliphatic rings. The van der Waals surface area contributed by atoms with Crippen molar-refractivity contribution in [2.45, 2.75) is 5.54 Å². The fraction of sp³-hybridized carbons (Fsp3) is 0.857. The zero-order valence-electron chi connectivity index (χ0n) is 7.48. The average molecular weight is 191 g/mol. The Balaban J connectivity index is 0.000000243. The van der Waals surface area contributed by atoms with E-state index in [0.717, 1.165) is 13.1 Å². The van der Waals surface area contributed by atoms with E-state index in [1.165, 1.54) is 0 Å². The summed E-state index contributed by atoms with van der Waals surface area (Å²) in [6.07, 6.45) is 1.74. The molecule has 0 spiro atoms. The van der Waals surface area contributed by atoms with Gasteiger partial charge in [0.15, 0.2) is 0 Å². The molecule has 0 bridgehead atoms. The average Bonchev–Trinajstić information content (AvgIpc) is 2.75. The topological polar surface area (TPSA) is 111 Å². The first kappa shape index (κ1) is 12.3. The Bertz CT molecular complexity index is 134. The summed E-state index contributed by atoms with van der Waals surface area (Å²) in [6, 6.07) is 0. The predicted octanol–water partition coefficient (Wildman–Crippen LogP) is -2.72. The van der Waals surface area contributed by atoms with Crippen LogP contribution in [-0.2, 0) is 0 Å². The summed E-state index contributed by atoms with van der Waals surface area (Å²) in [4.78, 5) is 3.85. The van der Waals surface area contributed by atoms with Gasteiger partial charge in [0.1, 0.15) is 0 Å². The van der Waals surface area contributed by atoms with E-state index in [9.17, 15) is 0 Å². The van der Waals surface area contributed by atoms with Crippen LogP contribution in [0.5, 0.6) is 0 Å². The fourth-order valence-corrected chi connectivity index (χ4v) is 0.473. The Morgan fingerprint density at radius 3 is 1.92 bits per heavy atom. The molecule has 0 unspecified atom stereocenters. The molecule has 0 fully saturated rings. The number of aliphatic hydroxyl groups is 3. The maximum atomic E-state index is 8.34. The number of aliphatic hydroxyl groups excluding tert-OH is 3. The second-order valence-corrected chi connectivity index (χ2v) is 2.83. The third-order valence-corrected chi connectivity index (χ3v) is 1.51. The largest absolute Gasteiger partial charge is 0.394 e. The molecule has 1 rings (SSSR count). The molecule has 0 saturated heterocycles. The highest BCUT2D eigenvalue weighted by molar-refractivity contribution is 5.56. The van der Waals surface area contributed by atoms with E-state index < -0.39 is 25.4 Å². The van der Waals surface area contributed by atoms with E-state index in [4.69, 9.17) is 21.1 Å². The van der Waals surface area contributed by atoms with Gasteiger partial charge in [0, 0.05) is 6.54 Å². The Kier molecular flexibility index (Phi) is 6.43. The molecule has 78 valence electrons. The molecule has 0 saturated carbocycles. The second-order valence-electron chi connectivity index (χ2n) is 2.83. The summed E-state index contributed by atoms with van der Waals surface area (Å²) in [6.45, 7) is 0.778. The van der Waals surface area contributed by atoms with Crippen molar-refractivity contribution in [1.29, 1.82) is 0 Å². The lowest BCUT2D eigenvalue weighted by atomic mass is 10.1. The third kappa shape index (κ3) is 5.53. The van der Waals surface area contributed by atoms with E-state index in [1.54, 1.807) is 6.34 Å². The van der Waals surface area contributed by atoms with Gasteiger partial charge in [0.05, 0.1) is 38.2 Å². The van der Waals surface area contributed by atoms with Gasteiger partial charge in [-0.1, -0.05) is 0 Å². The second kappa shape index (κ2) is 6.79. The fourth-order valence-electron chi connectivity index (χ4n) is 0.473. The van der Waals surface area contributed by atoms with E-state index in [2.05, 4.69) is 10.3 Å². The van der Waals surface area contributed by atoms with Gasteiger partial charge in [-0.3, -0.25) is 4.99 Å². The summed E-state index contributed by atoms with van der Waals surface area (Å²) in [5, 5.41) is 28.0. The van der Waals surface area contributed by atoms with Gasteiger partial charge < -0.3 is 26.4 Å². The molecule has 0 aromatic rings. The van der Waals surface area contributed by atoms with Gasteiger partial charge in [0.25, 0.3) is 0 Å². The molecule has 1 heterocycles. The van der Waals surface area contributed by atoms with Crippen LogP contribution in [0.3, 0.4) is 0 Å². The minimum absolute atomic E-state index is 0.403. The number of hydrogen-bond donors (Lipinski definition) is 5. The summed E-state index contributed by atoms with van der Waals surface area (Å²) in [5.41, 5.74) is 3.94. The van der Waals surface area contributed by atoms with E-state index in [0.29, 0.717) is 0 Å². The van der Waals surface area contributed by atoms with Crippen LogP contribution in [0, 0.1) is 0 Å². The Hall–Kier alpha value is -0.690. The Morgan fingerprint density at radius 1 is 1.31 bits per heavy atom. The van der Waals surface area contributed by atoms with Gasteiger partial charge in [-0.25, -0.2) is 0 Å². The standard InChI is InChI=1S/C4H11NO3.C3H6N2/c5-4(1-6,2-7)3-8;1-2-5-3-4-1/h6-8H,1-3,5H2;3H,1-2H2,(H,4,5). The highest BCUT2D eigenvalue weighted by Crippen LogP contribution is 1.93. The lowest BCUT2D eigenvalue weighted by Gasteiger charge is -2.20. The van der Waals surface area contributed by atoms with Gasteiger partial charge in [-0.05, 0) is 0 Å². The molecule has 0 atom stereocenters. The van der Waals surface area contributed by atoms with Crippen LogP contribution in [0.1, 0.15) is 0 Å². The van der Waals surface area contributed by atoms with Gasteiger partial charge in [-0.15, -0.1) is 0 Å². The molecule has 1 aliphatic heterocycles. The number of nitrogens with two attached hydrogens (primary N) is 1. The van der Waals surface area contributed by atoms with E-state index in [1.807, 2.05) is 0 Å². The monoisotopic (exact) mass is 191 g/mol. The first-order valence-corrected chi connectivity index (χ1v) is 4.01. The van der Waals surface area contributed by atoms with Crippen LogP contribution in [0.15, 0.2) is 4.99 Å². The van der Waals surface area contributed by atoms with Crippen molar-refractivity contribution in [2.24, 2.45) is 10.7 Å². The Labute approximate surface area is 77.1 Å². The normalized spacial score (nSPS) is 14.8. The zero-order valence-corrected chi connectivity index (χ0v) is 7.48. The summed E-state index contributed by atoms with van der Waals surface area (Å²) in [7, 11) is 0. The molecular weight excluding hydrogens is 174 g/mol. The summed E-state index contributed by atoms with van der Waals surface area (Å²) < 4.78 is 0. The number of nitrogens with zero attached hydrogens (tertiary/aromatic N) is 1. The molecule has 0 aliphatic carbocycles. The van der Waals surface area contributed by atoms with Crippen molar-refractivity contribution in [3.8, 4) is 0 Å². The third-order valence-electron chi connectivity index (χ3n) is 1.51. The number of hydrogen-bond acceptors (Lipinski definition) is 6. The quantitative estimate of drug-likeness (QED) is 0.333. The molecule has 0 aromatic heterocycles. The highest BCUT2D eigenvalue weighted by Gasteiger charge is 2.20. The van der Waals surface area contributed by atoms with Crippen LogP contribution in [0.2, 0.25) is 0 Å². The molecule has 13 heavy (non-hydrogen) atoms. The summed E-state index contributed by atoms with van der Waals surface area (Å²) in [5.74, 6) is 0. The molecule has 6 nitrogen and oxygen atoms in total. The SMILES string of the molecule is C1=NCCN1.NC(CO)(CO)CO. The van der Waals surface area contributed by atoms with Gasteiger partial charge in [-0.2, -0.15) is 0 Å². The lowest BCUT2D eigenvalue weighted by Crippen LogP contribution is -2.50. The molecule has 0 radical (unpaired) electrons. The lowest BCUT2D eigenvalue weighted by molar-refractivity contribution is 0.0698. The van der Waals surface area contributed by atoms with Crippen molar-refractivity contribution >= 4 is 6.34 Å². The van der Waals surface area contributed by atoms with Crippen molar-refractivity contribution in [3.05, 3.63) is 0 Å². The predicted molar refractivity (Wildman–Crippen MR) is 49.5 cm³/mol. The van der Waals surface area contributed by atoms with Crippen molar-refractivity contribution in [3.63, 3.8) is 0 Å². The number of rotatable bonds is 3. The minimum Gasteiger partial charge on any atom is -0.394 e. The minimum atomic E-state index is -1.21. The molecular formula is C7H17N3O3. The first-order valence-electron chi connectivity index (χ1n) is 4.01. The van der Waals surface area contributed by atoms with Crippen molar-refractivity contribution < 1.29 is 15.3 Å². The molecule has 0 amide bonds. The zero-order chi connectivity index (χ0) is 10.2. The van der Waals surface area contributed by atoms with Crippen LogP contribution >= 0.6 is 0 Å². The number of nitrogens with one attached hydrogen (secondary N) is 1. The van der Waals surface area contributed by atoms with E-state index in [-0.39, 0.29) is 0 Å². The summed E-state index contributed by atoms with van der Waals surface area (Å²) >= 11 is 0. The smallest absolute Gasteiger partial charge is 0.0856 e. The van der Waals surface area contributed by atoms with Crippen LogP contribution in [-0.4, -0.2) is 60.1 Å². The molecule has 0 aromatic carbocycles. The van der Waals surface area contributed by atoms with Crippen LogP contribution in [0.25, 0.3) is 0 Å². The van der Waals surface area contributed by atoms with Crippen molar-refractivity contribution in [1.82, 2.24) is 5.32 Å². The van der Waals surface area contributed by atoms with Crippen molar-refractivity contribution in [2.75, 3.05) is 32.9 Å². The van der Waals surface area contributed by atoms with Crippen LogP contribution < -0.4 is 11.1 Å². The van der Waals surface area contributed by atoms with Gasteiger partial charge in [0.2, 0.25) is 0 Å². The highest BCUT2D eigenvalue weighted by atomic mass is 16.3.